The molecular formula is C19H12F7NO7S. The van der Waals surface area contributed by atoms with Crippen LogP contribution < -0.4 is 0 Å². The number of carboxylic acid groups (broad SMARTS) is 2. The average molecular weight is 531 g/mol. The van der Waals surface area contributed by atoms with Crippen molar-refractivity contribution >= 4 is 39.2 Å². The molecule has 0 bridgehead atoms. The second-order valence-electron chi connectivity index (χ2n) is 6.07. The summed E-state index contributed by atoms with van der Waals surface area (Å²) >= 11 is 0. The van der Waals surface area contributed by atoms with Crippen molar-refractivity contribution in [3.05, 3.63) is 66.1 Å². The van der Waals surface area contributed by atoms with Crippen molar-refractivity contribution in [3.63, 3.8) is 0 Å². The fourth-order valence-electron chi connectivity index (χ4n) is 2.20. The van der Waals surface area contributed by atoms with E-state index in [0.29, 0.717) is 22.8 Å². The van der Waals surface area contributed by atoms with E-state index in [0.717, 1.165) is 16.1 Å². The number of carboxylic acids is 2. The quantitative estimate of drug-likeness (QED) is 0.385. The fourth-order valence-corrected chi connectivity index (χ4v) is 3.55. The van der Waals surface area contributed by atoms with Gasteiger partial charge in [-0.1, -0.05) is 12.1 Å². The molecule has 0 aliphatic carbocycles. The number of aliphatic carboxylic acids is 2. The van der Waals surface area contributed by atoms with E-state index in [1.807, 2.05) is 0 Å². The summed E-state index contributed by atoms with van der Waals surface area (Å²) in [7, 11) is -3.83. The van der Waals surface area contributed by atoms with Gasteiger partial charge in [-0.15, -0.1) is 0 Å². The van der Waals surface area contributed by atoms with Crippen molar-refractivity contribution in [1.29, 1.82) is 0 Å². The molecule has 3 rings (SSSR count). The second kappa shape index (κ2) is 11.0. The molecule has 2 N–H and O–H groups in total. The molecule has 0 amide bonds. The molecule has 190 valence electrons. The Morgan fingerprint density at radius 1 is 0.829 bits per heavy atom. The van der Waals surface area contributed by atoms with Gasteiger partial charge in [-0.2, -0.15) is 26.3 Å². The van der Waals surface area contributed by atoms with E-state index in [2.05, 4.69) is 0 Å². The van der Waals surface area contributed by atoms with Gasteiger partial charge in [0.1, 0.15) is 5.82 Å². The molecular weight excluding hydrogens is 519 g/mol. The smallest absolute Gasteiger partial charge is 0.475 e. The number of carbonyl (C=O) groups is 3. The number of hydrogen-bond acceptors (Lipinski definition) is 5. The van der Waals surface area contributed by atoms with E-state index >= 15 is 0 Å². The van der Waals surface area contributed by atoms with Gasteiger partial charge in [0.05, 0.1) is 10.4 Å². The van der Waals surface area contributed by atoms with E-state index < -0.39 is 40.1 Å². The molecule has 16 heteroatoms. The molecule has 0 saturated carbocycles. The molecule has 1 aromatic heterocycles. The lowest BCUT2D eigenvalue weighted by atomic mass is 10.1. The molecule has 0 unspecified atom stereocenters. The SMILES string of the molecule is O=C(O)C(F)(F)F.O=C(O)C(F)(F)F.O=Cc1cccc2c1ccn2S(=O)(=O)c1ccc(F)cc1. The van der Waals surface area contributed by atoms with Crippen molar-refractivity contribution in [2.75, 3.05) is 0 Å². The summed E-state index contributed by atoms with van der Waals surface area (Å²) in [6, 6.07) is 11.0. The van der Waals surface area contributed by atoms with Gasteiger partial charge >= 0.3 is 24.3 Å². The molecule has 0 atom stereocenters. The van der Waals surface area contributed by atoms with Crippen LogP contribution in [0.1, 0.15) is 10.4 Å². The Balaban J connectivity index is 0.000000362. The molecule has 3 aromatic rings. The molecule has 8 nitrogen and oxygen atoms in total. The van der Waals surface area contributed by atoms with Crippen molar-refractivity contribution in [3.8, 4) is 0 Å². The minimum Gasteiger partial charge on any atom is -0.475 e. The summed E-state index contributed by atoms with van der Waals surface area (Å²) in [6.07, 6.45) is -8.10. The molecule has 0 fully saturated rings. The summed E-state index contributed by atoms with van der Waals surface area (Å²) in [5.74, 6) is -6.02. The van der Waals surface area contributed by atoms with Crippen molar-refractivity contribution < 1.29 is 63.7 Å². The van der Waals surface area contributed by atoms with E-state index in [1.54, 1.807) is 24.3 Å². The van der Waals surface area contributed by atoms with Crippen LogP contribution in [0.5, 0.6) is 0 Å². The largest absolute Gasteiger partial charge is 0.490 e. The number of rotatable bonds is 3. The van der Waals surface area contributed by atoms with Gasteiger partial charge in [0, 0.05) is 17.1 Å². The summed E-state index contributed by atoms with van der Waals surface area (Å²) < 4.78 is 103. The Labute approximate surface area is 190 Å². The Kier molecular flexibility index (Phi) is 9.13. The van der Waals surface area contributed by atoms with Gasteiger partial charge < -0.3 is 10.2 Å². The minimum atomic E-state index is -5.08. The van der Waals surface area contributed by atoms with Gasteiger partial charge in [0.2, 0.25) is 0 Å². The third-order valence-corrected chi connectivity index (χ3v) is 5.42. The van der Waals surface area contributed by atoms with Crippen LogP contribution in [0.2, 0.25) is 0 Å². The summed E-state index contributed by atoms with van der Waals surface area (Å²) in [6.45, 7) is 0. The number of halogens is 7. The van der Waals surface area contributed by atoms with Gasteiger partial charge in [-0.05, 0) is 36.4 Å². The first-order valence-electron chi connectivity index (χ1n) is 8.59. The molecule has 0 aliphatic rings. The highest BCUT2D eigenvalue weighted by molar-refractivity contribution is 7.90. The number of fused-ring (bicyclic) bond motifs is 1. The van der Waals surface area contributed by atoms with Gasteiger partial charge in [-0.25, -0.2) is 26.4 Å². The van der Waals surface area contributed by atoms with Crippen LogP contribution in [-0.2, 0) is 19.6 Å². The maximum absolute atomic E-state index is 12.9. The first-order chi connectivity index (χ1) is 15.9. The van der Waals surface area contributed by atoms with Crippen LogP contribution in [0.3, 0.4) is 0 Å². The lowest BCUT2D eigenvalue weighted by Crippen LogP contribution is -2.21. The Morgan fingerprint density at radius 2 is 1.29 bits per heavy atom. The van der Waals surface area contributed by atoms with Crippen LogP contribution in [0.25, 0.3) is 10.9 Å². The average Bonchev–Trinajstić information content (AvgIpc) is 3.19. The number of alkyl halides is 6. The van der Waals surface area contributed by atoms with Crippen LogP contribution in [0, 0.1) is 5.82 Å². The lowest BCUT2D eigenvalue weighted by molar-refractivity contribution is -0.193. The predicted molar refractivity (Wildman–Crippen MR) is 104 cm³/mol. The van der Waals surface area contributed by atoms with Crippen LogP contribution in [0.4, 0.5) is 30.7 Å². The first-order valence-corrected chi connectivity index (χ1v) is 10.0. The number of aldehydes is 1. The Bertz CT molecular complexity index is 1290. The normalized spacial score (nSPS) is 11.5. The van der Waals surface area contributed by atoms with E-state index in [1.165, 1.54) is 18.3 Å². The maximum atomic E-state index is 12.9. The highest BCUT2D eigenvalue weighted by atomic mass is 32.2. The zero-order valence-electron chi connectivity index (χ0n) is 16.7. The predicted octanol–water partition coefficient (Wildman–Crippen LogP) is 4.10. The molecule has 0 aliphatic heterocycles. The number of benzene rings is 2. The van der Waals surface area contributed by atoms with Crippen molar-refractivity contribution in [1.82, 2.24) is 3.97 Å². The number of carbonyl (C=O) groups excluding carboxylic acids is 1. The van der Waals surface area contributed by atoms with Crippen molar-refractivity contribution in [2.45, 2.75) is 17.2 Å². The zero-order chi connectivity index (χ0) is 27.2. The highest BCUT2D eigenvalue weighted by Crippen LogP contribution is 2.24. The van der Waals surface area contributed by atoms with Gasteiger partial charge in [0.25, 0.3) is 10.0 Å². The van der Waals surface area contributed by atoms with E-state index in [-0.39, 0.29) is 4.90 Å². The third-order valence-electron chi connectivity index (χ3n) is 3.71. The molecule has 0 saturated heterocycles. The van der Waals surface area contributed by atoms with Crippen LogP contribution >= 0.6 is 0 Å². The van der Waals surface area contributed by atoms with Crippen LogP contribution in [0.15, 0.2) is 59.6 Å². The Hall–Kier alpha value is -3.95. The monoisotopic (exact) mass is 531 g/mol. The van der Waals surface area contributed by atoms with E-state index in [9.17, 15) is 43.9 Å². The summed E-state index contributed by atoms with van der Waals surface area (Å²) in [4.78, 5) is 28.8. The standard InChI is InChI=1S/C15H10FNO3S.2C2HF3O2/c16-12-4-6-13(7-5-12)21(19,20)17-9-8-14-11(10-18)2-1-3-15(14)17;2*3-2(4,5)1(6)7/h1-10H;2*(H,6,7). The topological polar surface area (TPSA) is 131 Å². The number of aromatic nitrogens is 1. The molecule has 0 spiro atoms. The van der Waals surface area contributed by atoms with Gasteiger partial charge in [0.15, 0.2) is 6.29 Å². The van der Waals surface area contributed by atoms with Crippen molar-refractivity contribution in [2.24, 2.45) is 0 Å². The fraction of sp³-hybridized carbons (Fsp3) is 0.105. The zero-order valence-corrected chi connectivity index (χ0v) is 17.5. The number of hydrogen-bond donors (Lipinski definition) is 2. The maximum Gasteiger partial charge on any atom is 0.490 e. The molecule has 35 heavy (non-hydrogen) atoms. The first kappa shape index (κ1) is 29.1. The summed E-state index contributed by atoms with van der Waals surface area (Å²) in [5.41, 5.74) is 0.824. The highest BCUT2D eigenvalue weighted by Gasteiger charge is 2.38. The Morgan fingerprint density at radius 3 is 1.69 bits per heavy atom. The second-order valence-corrected chi connectivity index (χ2v) is 7.89. The van der Waals surface area contributed by atoms with Crippen LogP contribution in [-0.4, -0.2) is 53.2 Å². The lowest BCUT2D eigenvalue weighted by Gasteiger charge is -2.07. The summed E-state index contributed by atoms with van der Waals surface area (Å²) in [5, 5.41) is 14.8. The molecule has 2 aromatic carbocycles. The molecule has 1 heterocycles. The molecule has 0 radical (unpaired) electrons. The van der Waals surface area contributed by atoms with Gasteiger partial charge in [-0.3, -0.25) is 4.79 Å². The third kappa shape index (κ3) is 7.80. The minimum absolute atomic E-state index is 0.0158. The van der Waals surface area contributed by atoms with E-state index in [4.69, 9.17) is 19.8 Å². The number of nitrogens with zero attached hydrogens (tertiary/aromatic N) is 1.